The Kier molecular flexibility index (Phi) is 5.05. The van der Waals surface area contributed by atoms with Crippen LogP contribution >= 0.6 is 0 Å². The molecule has 0 spiro atoms. The average molecular weight is 362 g/mol. The zero-order valence-corrected chi connectivity index (χ0v) is 16.0. The molecule has 0 bridgehead atoms. The van der Waals surface area contributed by atoms with Gasteiger partial charge in [0.2, 0.25) is 5.95 Å². The van der Waals surface area contributed by atoms with Gasteiger partial charge in [-0.3, -0.25) is 0 Å². The molecule has 27 heavy (non-hydrogen) atoms. The largest absolute Gasteiger partial charge is 0.381 e. The van der Waals surface area contributed by atoms with Gasteiger partial charge in [-0.1, -0.05) is 48.5 Å². The summed E-state index contributed by atoms with van der Waals surface area (Å²) in [4.78, 5) is 11.9. The summed E-state index contributed by atoms with van der Waals surface area (Å²) in [5.74, 6) is 0.681. The van der Waals surface area contributed by atoms with Crippen molar-refractivity contribution in [2.75, 3.05) is 39.2 Å². The molecule has 0 radical (unpaired) electrons. The number of aromatic nitrogens is 2. The van der Waals surface area contributed by atoms with E-state index in [1.165, 1.54) is 0 Å². The molecule has 1 fully saturated rings. The quantitative estimate of drug-likeness (QED) is 0.748. The van der Waals surface area contributed by atoms with Gasteiger partial charge in [-0.05, 0) is 33.0 Å². The van der Waals surface area contributed by atoms with Crippen LogP contribution in [0.2, 0.25) is 0 Å². The average Bonchev–Trinajstić information content (AvgIpc) is 2.73. The highest BCUT2D eigenvalue weighted by Gasteiger charge is 2.34. The first-order valence-corrected chi connectivity index (χ1v) is 9.49. The predicted octanol–water partition coefficient (Wildman–Crippen LogP) is 3.82. The molecule has 140 valence electrons. The van der Waals surface area contributed by atoms with Gasteiger partial charge in [0.25, 0.3) is 0 Å². The Morgan fingerprint density at radius 3 is 2.41 bits per heavy atom. The molecule has 1 aromatic heterocycles. The van der Waals surface area contributed by atoms with E-state index in [-0.39, 0.29) is 5.54 Å². The standard InChI is InChI=1S/C22H26N4O/c1-26(2)22(12-14-27-15-13-22)16-23-21-24-19-11-7-6-10-18(19)20(25-21)17-8-4-3-5-9-17/h3-11H,12-16H2,1-2H3,(H,23,24,25). The van der Waals surface area contributed by atoms with Gasteiger partial charge in [-0.2, -0.15) is 0 Å². The molecule has 2 heterocycles. The number of fused-ring (bicyclic) bond motifs is 1. The second kappa shape index (κ2) is 7.62. The van der Waals surface area contributed by atoms with Crippen LogP contribution in [0.4, 0.5) is 5.95 Å². The van der Waals surface area contributed by atoms with E-state index < -0.39 is 0 Å². The Labute approximate surface area is 160 Å². The molecule has 2 aromatic carbocycles. The van der Waals surface area contributed by atoms with Gasteiger partial charge in [0.15, 0.2) is 0 Å². The summed E-state index contributed by atoms with van der Waals surface area (Å²) in [5.41, 5.74) is 3.10. The third-order valence-corrected chi connectivity index (χ3v) is 5.60. The van der Waals surface area contributed by atoms with E-state index in [1.807, 2.05) is 36.4 Å². The molecule has 0 atom stereocenters. The highest BCUT2D eigenvalue weighted by molar-refractivity contribution is 5.93. The van der Waals surface area contributed by atoms with Gasteiger partial charge >= 0.3 is 0 Å². The topological polar surface area (TPSA) is 50.3 Å². The Bertz CT molecular complexity index is 905. The van der Waals surface area contributed by atoms with Crippen LogP contribution in [0.3, 0.4) is 0 Å². The van der Waals surface area contributed by atoms with Crippen molar-refractivity contribution in [1.82, 2.24) is 14.9 Å². The van der Waals surface area contributed by atoms with Crippen LogP contribution in [0.5, 0.6) is 0 Å². The minimum Gasteiger partial charge on any atom is -0.381 e. The van der Waals surface area contributed by atoms with Gasteiger partial charge in [0.05, 0.1) is 11.2 Å². The highest BCUT2D eigenvalue weighted by Crippen LogP contribution is 2.29. The predicted molar refractivity (Wildman–Crippen MR) is 110 cm³/mol. The molecular formula is C22H26N4O. The van der Waals surface area contributed by atoms with E-state index in [1.54, 1.807) is 0 Å². The molecule has 1 aliphatic heterocycles. The van der Waals surface area contributed by atoms with E-state index in [0.29, 0.717) is 5.95 Å². The van der Waals surface area contributed by atoms with Crippen molar-refractivity contribution >= 4 is 16.9 Å². The first-order chi connectivity index (χ1) is 13.2. The van der Waals surface area contributed by atoms with Crippen molar-refractivity contribution in [3.63, 3.8) is 0 Å². The van der Waals surface area contributed by atoms with Crippen molar-refractivity contribution in [2.45, 2.75) is 18.4 Å². The van der Waals surface area contributed by atoms with Gasteiger partial charge in [0, 0.05) is 36.2 Å². The van der Waals surface area contributed by atoms with Crippen molar-refractivity contribution in [3.05, 3.63) is 54.6 Å². The molecule has 0 unspecified atom stereocenters. The van der Waals surface area contributed by atoms with Crippen LogP contribution in [0, 0.1) is 0 Å². The Morgan fingerprint density at radius 1 is 0.963 bits per heavy atom. The lowest BCUT2D eigenvalue weighted by Crippen LogP contribution is -2.53. The second-order valence-corrected chi connectivity index (χ2v) is 7.36. The number of nitrogens with zero attached hydrogens (tertiary/aromatic N) is 3. The third kappa shape index (κ3) is 3.66. The monoisotopic (exact) mass is 362 g/mol. The van der Waals surface area contributed by atoms with Gasteiger partial charge in [-0.15, -0.1) is 0 Å². The van der Waals surface area contributed by atoms with Gasteiger partial charge < -0.3 is 15.0 Å². The van der Waals surface area contributed by atoms with Crippen molar-refractivity contribution < 1.29 is 4.74 Å². The number of benzene rings is 2. The SMILES string of the molecule is CN(C)C1(CNc2nc(-c3ccccc3)c3ccccc3n2)CCOCC1. The summed E-state index contributed by atoms with van der Waals surface area (Å²) in [6, 6.07) is 18.5. The van der Waals surface area contributed by atoms with Crippen LogP contribution in [0.1, 0.15) is 12.8 Å². The fourth-order valence-corrected chi connectivity index (χ4v) is 3.75. The van der Waals surface area contributed by atoms with Gasteiger partial charge in [0.1, 0.15) is 0 Å². The lowest BCUT2D eigenvalue weighted by atomic mass is 9.88. The fourth-order valence-electron chi connectivity index (χ4n) is 3.75. The molecule has 0 saturated carbocycles. The summed E-state index contributed by atoms with van der Waals surface area (Å²) in [6.45, 7) is 2.40. The zero-order valence-electron chi connectivity index (χ0n) is 16.0. The maximum absolute atomic E-state index is 5.58. The van der Waals surface area contributed by atoms with Crippen LogP contribution in [-0.4, -0.2) is 54.3 Å². The van der Waals surface area contributed by atoms with Crippen LogP contribution < -0.4 is 5.32 Å². The molecule has 4 rings (SSSR count). The molecule has 0 aliphatic carbocycles. The van der Waals surface area contributed by atoms with E-state index in [2.05, 4.69) is 42.5 Å². The van der Waals surface area contributed by atoms with Crippen molar-refractivity contribution in [3.8, 4) is 11.3 Å². The number of likely N-dealkylation sites (N-methyl/N-ethyl adjacent to an activating group) is 1. The fraction of sp³-hybridized carbons (Fsp3) is 0.364. The normalized spacial score (nSPS) is 16.6. The summed E-state index contributed by atoms with van der Waals surface area (Å²) < 4.78 is 5.58. The van der Waals surface area contributed by atoms with Crippen LogP contribution in [-0.2, 0) is 4.74 Å². The Balaban J connectivity index is 1.68. The minimum atomic E-state index is 0.0696. The van der Waals surface area contributed by atoms with E-state index in [4.69, 9.17) is 14.7 Å². The lowest BCUT2D eigenvalue weighted by Gasteiger charge is -2.42. The number of ether oxygens (including phenoxy) is 1. The van der Waals surface area contributed by atoms with Crippen molar-refractivity contribution in [1.29, 1.82) is 0 Å². The molecule has 1 N–H and O–H groups in total. The van der Waals surface area contributed by atoms with Crippen LogP contribution in [0.15, 0.2) is 54.6 Å². The Morgan fingerprint density at radius 2 is 1.67 bits per heavy atom. The number of anilines is 1. The summed E-state index contributed by atoms with van der Waals surface area (Å²) in [7, 11) is 4.29. The first-order valence-electron chi connectivity index (χ1n) is 9.49. The molecule has 5 nitrogen and oxygen atoms in total. The maximum atomic E-state index is 5.58. The zero-order chi connectivity index (χ0) is 18.7. The number of hydrogen-bond donors (Lipinski definition) is 1. The smallest absolute Gasteiger partial charge is 0.223 e. The van der Waals surface area contributed by atoms with Crippen LogP contribution in [0.25, 0.3) is 22.2 Å². The number of rotatable bonds is 5. The molecular weight excluding hydrogens is 336 g/mol. The van der Waals surface area contributed by atoms with E-state index >= 15 is 0 Å². The van der Waals surface area contributed by atoms with Gasteiger partial charge in [-0.25, -0.2) is 9.97 Å². The lowest BCUT2D eigenvalue weighted by molar-refractivity contribution is -0.000700. The summed E-state index contributed by atoms with van der Waals surface area (Å²) in [6.07, 6.45) is 2.01. The Hall–Kier alpha value is -2.50. The van der Waals surface area contributed by atoms with E-state index in [9.17, 15) is 0 Å². The molecule has 5 heteroatoms. The van der Waals surface area contributed by atoms with Crippen molar-refractivity contribution in [2.24, 2.45) is 0 Å². The molecule has 0 amide bonds. The molecule has 3 aromatic rings. The molecule has 1 saturated heterocycles. The number of nitrogens with one attached hydrogen (secondary N) is 1. The van der Waals surface area contributed by atoms with E-state index in [0.717, 1.165) is 54.8 Å². The third-order valence-electron chi connectivity index (χ3n) is 5.60. The number of para-hydroxylation sites is 1. The highest BCUT2D eigenvalue weighted by atomic mass is 16.5. The second-order valence-electron chi connectivity index (χ2n) is 7.36. The minimum absolute atomic E-state index is 0.0696. The number of hydrogen-bond acceptors (Lipinski definition) is 5. The first kappa shape index (κ1) is 17.9. The summed E-state index contributed by atoms with van der Waals surface area (Å²) in [5, 5.41) is 4.59. The molecule has 1 aliphatic rings. The summed E-state index contributed by atoms with van der Waals surface area (Å²) >= 11 is 0. The maximum Gasteiger partial charge on any atom is 0.223 e.